The zero-order valence-electron chi connectivity index (χ0n) is 19.3. The van der Waals surface area contributed by atoms with E-state index >= 15 is 0 Å². The van der Waals surface area contributed by atoms with Gasteiger partial charge in [0.1, 0.15) is 11.6 Å². The topological polar surface area (TPSA) is 124 Å². The molecule has 0 aliphatic rings. The van der Waals surface area contributed by atoms with E-state index in [0.29, 0.717) is 34.9 Å². The molecule has 2 rings (SSSR count). The second-order valence-corrected chi connectivity index (χ2v) is 6.65. The van der Waals surface area contributed by atoms with Crippen molar-refractivity contribution in [1.29, 1.82) is 5.26 Å². The summed E-state index contributed by atoms with van der Waals surface area (Å²) in [6.45, 7) is 5.78. The third kappa shape index (κ3) is 7.67. The number of esters is 2. The first-order valence-electron chi connectivity index (χ1n) is 10.7. The molecule has 1 amide bonds. The summed E-state index contributed by atoms with van der Waals surface area (Å²) >= 11 is 0. The summed E-state index contributed by atoms with van der Waals surface area (Å²) in [7, 11) is 0. The molecule has 9 nitrogen and oxygen atoms in total. The molecule has 0 saturated carbocycles. The largest absolute Gasteiger partial charge is 0.490 e. The highest BCUT2D eigenvalue weighted by Crippen LogP contribution is 2.29. The Labute approximate surface area is 197 Å². The minimum absolute atomic E-state index is 0.142. The van der Waals surface area contributed by atoms with E-state index in [2.05, 4.69) is 5.32 Å². The average Bonchev–Trinajstić information content (AvgIpc) is 2.83. The predicted octanol–water partition coefficient (Wildman–Crippen LogP) is 3.75. The highest BCUT2D eigenvalue weighted by atomic mass is 16.6. The van der Waals surface area contributed by atoms with Crippen LogP contribution in [0.4, 0.5) is 5.69 Å². The molecule has 0 bridgehead atoms. The average molecular weight is 466 g/mol. The number of anilines is 1. The fourth-order valence-electron chi connectivity index (χ4n) is 2.76. The minimum atomic E-state index is -0.619. The van der Waals surface area contributed by atoms with Crippen LogP contribution >= 0.6 is 0 Å². The Morgan fingerprint density at radius 1 is 0.912 bits per heavy atom. The quantitative estimate of drug-likeness (QED) is 0.302. The van der Waals surface area contributed by atoms with E-state index < -0.39 is 17.8 Å². The van der Waals surface area contributed by atoms with E-state index in [4.69, 9.17) is 18.9 Å². The summed E-state index contributed by atoms with van der Waals surface area (Å²) in [5, 5.41) is 12.1. The normalized spacial score (nSPS) is 10.6. The maximum Gasteiger partial charge on any atom is 0.344 e. The predicted molar refractivity (Wildman–Crippen MR) is 124 cm³/mol. The van der Waals surface area contributed by atoms with Crippen molar-refractivity contribution in [3.63, 3.8) is 0 Å². The Morgan fingerprint density at radius 2 is 1.62 bits per heavy atom. The van der Waals surface area contributed by atoms with Gasteiger partial charge in [0.25, 0.3) is 5.91 Å². The standard InChI is InChI=1S/C25H26N2O7/c1-4-31-22-14-17(7-12-21(22)34-16-23(28)32-5-2)13-19(15-26)24(29)27-20-10-8-18(9-11-20)25(30)33-6-3/h7-14H,4-6,16H2,1-3H3,(H,27,29)/b19-13+. The van der Waals surface area contributed by atoms with Crippen molar-refractivity contribution >= 4 is 29.6 Å². The first kappa shape index (κ1) is 25.9. The van der Waals surface area contributed by atoms with Gasteiger partial charge in [-0.25, -0.2) is 9.59 Å². The number of ether oxygens (including phenoxy) is 4. The number of hydrogen-bond donors (Lipinski definition) is 1. The summed E-state index contributed by atoms with van der Waals surface area (Å²) in [6, 6.07) is 12.8. The molecule has 2 aromatic carbocycles. The zero-order valence-corrected chi connectivity index (χ0v) is 19.3. The van der Waals surface area contributed by atoms with Gasteiger partial charge in [0.15, 0.2) is 18.1 Å². The lowest BCUT2D eigenvalue weighted by atomic mass is 10.1. The van der Waals surface area contributed by atoms with Gasteiger partial charge in [-0.2, -0.15) is 5.26 Å². The molecule has 0 spiro atoms. The van der Waals surface area contributed by atoms with Gasteiger partial charge in [0.05, 0.1) is 25.4 Å². The van der Waals surface area contributed by atoms with Crippen LogP contribution in [0.3, 0.4) is 0 Å². The number of rotatable bonds is 11. The lowest BCUT2D eigenvalue weighted by Crippen LogP contribution is -2.15. The SMILES string of the molecule is CCOC(=O)COc1ccc(/C=C(\C#N)C(=O)Nc2ccc(C(=O)OCC)cc2)cc1OCC. The van der Waals surface area contributed by atoms with Crippen molar-refractivity contribution < 1.29 is 33.3 Å². The van der Waals surface area contributed by atoms with Crippen molar-refractivity contribution in [1.82, 2.24) is 0 Å². The fourth-order valence-corrected chi connectivity index (χ4v) is 2.76. The first-order chi connectivity index (χ1) is 16.4. The number of nitrogens with one attached hydrogen (secondary N) is 1. The first-order valence-corrected chi connectivity index (χ1v) is 10.7. The van der Waals surface area contributed by atoms with E-state index in [1.165, 1.54) is 18.2 Å². The lowest BCUT2D eigenvalue weighted by molar-refractivity contribution is -0.145. The van der Waals surface area contributed by atoms with Crippen molar-refractivity contribution in [2.24, 2.45) is 0 Å². The second kappa shape index (κ2) is 13.3. The zero-order chi connectivity index (χ0) is 24.9. The summed E-state index contributed by atoms with van der Waals surface area (Å²) in [6.07, 6.45) is 1.40. The molecule has 0 unspecified atom stereocenters. The van der Waals surface area contributed by atoms with Crippen LogP contribution in [0.25, 0.3) is 6.08 Å². The maximum absolute atomic E-state index is 12.6. The van der Waals surface area contributed by atoms with E-state index in [0.717, 1.165) is 0 Å². The van der Waals surface area contributed by atoms with Crippen LogP contribution in [0.5, 0.6) is 11.5 Å². The molecule has 178 valence electrons. The van der Waals surface area contributed by atoms with Crippen molar-refractivity contribution in [3.8, 4) is 17.6 Å². The van der Waals surface area contributed by atoms with E-state index in [1.807, 2.05) is 6.07 Å². The number of carbonyl (C=O) groups excluding carboxylic acids is 3. The summed E-state index contributed by atoms with van der Waals surface area (Å²) in [5.41, 5.74) is 1.15. The molecule has 0 heterocycles. The Morgan fingerprint density at radius 3 is 2.24 bits per heavy atom. The van der Waals surface area contributed by atoms with Crippen molar-refractivity contribution in [3.05, 3.63) is 59.2 Å². The van der Waals surface area contributed by atoms with Crippen LogP contribution in [0.1, 0.15) is 36.7 Å². The van der Waals surface area contributed by atoms with Crippen molar-refractivity contribution in [2.75, 3.05) is 31.7 Å². The van der Waals surface area contributed by atoms with E-state index in [1.54, 1.807) is 51.1 Å². The second-order valence-electron chi connectivity index (χ2n) is 6.65. The van der Waals surface area contributed by atoms with Crippen LogP contribution in [0, 0.1) is 11.3 Å². The van der Waals surface area contributed by atoms with Gasteiger partial charge in [-0.3, -0.25) is 4.79 Å². The number of carbonyl (C=O) groups is 3. The molecule has 0 atom stereocenters. The van der Waals surface area contributed by atoms with Crippen LogP contribution in [-0.4, -0.2) is 44.3 Å². The summed E-state index contributed by atoms with van der Waals surface area (Å²) in [4.78, 5) is 35.9. The highest BCUT2D eigenvalue weighted by molar-refractivity contribution is 6.09. The van der Waals surface area contributed by atoms with E-state index in [9.17, 15) is 19.6 Å². The van der Waals surface area contributed by atoms with Gasteiger partial charge in [-0.05, 0) is 68.8 Å². The van der Waals surface area contributed by atoms with Gasteiger partial charge in [0, 0.05) is 5.69 Å². The number of nitriles is 1. The van der Waals surface area contributed by atoms with Crippen molar-refractivity contribution in [2.45, 2.75) is 20.8 Å². The summed E-state index contributed by atoms with van der Waals surface area (Å²) in [5.74, 6) is -0.901. The van der Waals surface area contributed by atoms with Gasteiger partial charge in [-0.15, -0.1) is 0 Å². The molecule has 0 radical (unpaired) electrons. The molecule has 0 aromatic heterocycles. The Kier molecular flexibility index (Phi) is 10.1. The number of benzene rings is 2. The number of hydrogen-bond acceptors (Lipinski definition) is 8. The van der Waals surface area contributed by atoms with Crippen LogP contribution < -0.4 is 14.8 Å². The molecular weight excluding hydrogens is 440 g/mol. The van der Waals surface area contributed by atoms with Crippen LogP contribution in [0.15, 0.2) is 48.0 Å². The molecule has 0 aliphatic heterocycles. The third-order valence-corrected chi connectivity index (χ3v) is 4.25. The molecule has 9 heteroatoms. The van der Waals surface area contributed by atoms with Crippen LogP contribution in [0.2, 0.25) is 0 Å². The Balaban J connectivity index is 2.15. The Bertz CT molecular complexity index is 1090. The molecule has 0 fully saturated rings. The van der Waals surface area contributed by atoms with Gasteiger partial charge >= 0.3 is 11.9 Å². The molecule has 1 N–H and O–H groups in total. The van der Waals surface area contributed by atoms with Gasteiger partial charge in [0.2, 0.25) is 0 Å². The monoisotopic (exact) mass is 466 g/mol. The van der Waals surface area contributed by atoms with Gasteiger partial charge in [-0.1, -0.05) is 6.07 Å². The fraction of sp³-hybridized carbons (Fsp3) is 0.280. The Hall–Kier alpha value is -4.32. The molecule has 0 saturated heterocycles. The molecular formula is C25H26N2O7. The molecule has 34 heavy (non-hydrogen) atoms. The lowest BCUT2D eigenvalue weighted by Gasteiger charge is -2.12. The molecule has 2 aromatic rings. The van der Waals surface area contributed by atoms with E-state index in [-0.39, 0.29) is 25.4 Å². The minimum Gasteiger partial charge on any atom is -0.490 e. The third-order valence-electron chi connectivity index (χ3n) is 4.25. The number of amides is 1. The summed E-state index contributed by atoms with van der Waals surface area (Å²) < 4.78 is 20.8. The highest BCUT2D eigenvalue weighted by Gasteiger charge is 2.13. The van der Waals surface area contributed by atoms with Crippen LogP contribution in [-0.2, 0) is 19.1 Å². The van der Waals surface area contributed by atoms with Gasteiger partial charge < -0.3 is 24.3 Å². The number of nitrogens with zero attached hydrogens (tertiary/aromatic N) is 1. The maximum atomic E-state index is 12.6. The smallest absolute Gasteiger partial charge is 0.344 e. The molecule has 0 aliphatic carbocycles.